The molecule has 1 amide bonds. The van der Waals surface area contributed by atoms with Gasteiger partial charge in [-0.2, -0.15) is 0 Å². The van der Waals surface area contributed by atoms with Crippen LogP contribution in [0.3, 0.4) is 0 Å². The number of primary amides is 1. The second-order valence-electron chi connectivity index (χ2n) is 5.27. The molecule has 6 nitrogen and oxygen atoms in total. The molecule has 0 aliphatic rings. The van der Waals surface area contributed by atoms with Gasteiger partial charge in [-0.25, -0.2) is 4.98 Å². The first-order valence-electron chi connectivity index (χ1n) is 5.78. The van der Waals surface area contributed by atoms with E-state index in [0.29, 0.717) is 0 Å². The van der Waals surface area contributed by atoms with Crippen LogP contribution in [0.15, 0.2) is 12.3 Å². The van der Waals surface area contributed by atoms with Crippen LogP contribution in [-0.2, 0) is 4.79 Å². The Morgan fingerprint density at radius 3 is 2.47 bits per heavy atom. The van der Waals surface area contributed by atoms with Crippen molar-refractivity contribution in [2.45, 2.75) is 27.2 Å². The van der Waals surface area contributed by atoms with Crippen molar-refractivity contribution >= 4 is 11.9 Å². The molecule has 0 atom stereocenters. The third kappa shape index (κ3) is 4.24. The van der Waals surface area contributed by atoms with Crippen LogP contribution in [0.25, 0.3) is 0 Å². The van der Waals surface area contributed by atoms with E-state index < -0.39 is 11.9 Å². The van der Waals surface area contributed by atoms with Crippen molar-refractivity contribution in [1.29, 1.82) is 0 Å². The van der Waals surface area contributed by atoms with E-state index in [9.17, 15) is 9.59 Å². The summed E-state index contributed by atoms with van der Waals surface area (Å²) in [6.45, 7) is 5.72. The number of rotatable bonds is 4. The molecule has 0 spiro atoms. The van der Waals surface area contributed by atoms with Gasteiger partial charge in [0.15, 0.2) is 11.4 Å². The number of amides is 1. The fourth-order valence-electron chi connectivity index (χ4n) is 1.45. The Labute approximate surface area is 111 Å². The first-order valence-corrected chi connectivity index (χ1v) is 5.78. The van der Waals surface area contributed by atoms with Gasteiger partial charge in [0, 0.05) is 12.3 Å². The summed E-state index contributed by atoms with van der Waals surface area (Å²) < 4.78 is 10.2. The van der Waals surface area contributed by atoms with E-state index in [1.54, 1.807) is 0 Å². The van der Waals surface area contributed by atoms with Crippen LogP contribution in [0.2, 0.25) is 0 Å². The number of carbonyl (C=O) groups excluding carboxylic acids is 2. The quantitative estimate of drug-likeness (QED) is 0.834. The summed E-state index contributed by atoms with van der Waals surface area (Å²) >= 11 is 0. The SMILES string of the molecule is COc1ccnc(C(N)=O)c1OC(=O)CC(C)(C)C. The average molecular weight is 266 g/mol. The highest BCUT2D eigenvalue weighted by molar-refractivity contribution is 5.95. The minimum atomic E-state index is -0.780. The summed E-state index contributed by atoms with van der Waals surface area (Å²) in [6.07, 6.45) is 1.56. The molecule has 19 heavy (non-hydrogen) atoms. The Morgan fingerprint density at radius 1 is 1.37 bits per heavy atom. The lowest BCUT2D eigenvalue weighted by atomic mass is 9.92. The van der Waals surface area contributed by atoms with E-state index in [1.807, 2.05) is 20.8 Å². The van der Waals surface area contributed by atoms with Crippen LogP contribution in [-0.4, -0.2) is 24.0 Å². The maximum atomic E-state index is 11.8. The Morgan fingerprint density at radius 2 is 2.00 bits per heavy atom. The molecule has 0 saturated heterocycles. The number of nitrogens with two attached hydrogens (primary N) is 1. The van der Waals surface area contributed by atoms with Crippen molar-refractivity contribution in [3.05, 3.63) is 18.0 Å². The van der Waals surface area contributed by atoms with Crippen LogP contribution >= 0.6 is 0 Å². The van der Waals surface area contributed by atoms with Crippen molar-refractivity contribution in [1.82, 2.24) is 4.98 Å². The van der Waals surface area contributed by atoms with Crippen LogP contribution < -0.4 is 15.2 Å². The van der Waals surface area contributed by atoms with Gasteiger partial charge in [-0.3, -0.25) is 9.59 Å². The molecule has 0 saturated carbocycles. The number of aromatic nitrogens is 1. The van der Waals surface area contributed by atoms with Crippen molar-refractivity contribution in [2.75, 3.05) is 7.11 Å². The predicted octanol–water partition coefficient (Wildman–Crippen LogP) is 1.53. The first-order chi connectivity index (χ1) is 8.74. The molecule has 0 aliphatic heterocycles. The van der Waals surface area contributed by atoms with E-state index in [4.69, 9.17) is 15.2 Å². The zero-order chi connectivity index (χ0) is 14.6. The highest BCUT2D eigenvalue weighted by Gasteiger charge is 2.23. The molecule has 0 aromatic carbocycles. The van der Waals surface area contributed by atoms with Crippen molar-refractivity contribution in [3.8, 4) is 11.5 Å². The molecule has 104 valence electrons. The number of esters is 1. The van der Waals surface area contributed by atoms with E-state index in [2.05, 4.69) is 4.98 Å². The van der Waals surface area contributed by atoms with Gasteiger partial charge < -0.3 is 15.2 Å². The summed E-state index contributed by atoms with van der Waals surface area (Å²) in [4.78, 5) is 26.9. The van der Waals surface area contributed by atoms with Gasteiger partial charge in [0.25, 0.3) is 5.91 Å². The lowest BCUT2D eigenvalue weighted by Gasteiger charge is -2.17. The molecule has 6 heteroatoms. The number of pyridine rings is 1. The van der Waals surface area contributed by atoms with Gasteiger partial charge in [0.05, 0.1) is 13.5 Å². The molecular weight excluding hydrogens is 248 g/mol. The highest BCUT2D eigenvalue weighted by atomic mass is 16.6. The zero-order valence-corrected chi connectivity index (χ0v) is 11.5. The molecule has 1 heterocycles. The number of nitrogens with zero attached hydrogens (tertiary/aromatic N) is 1. The molecule has 1 rings (SSSR count). The molecule has 0 aliphatic carbocycles. The molecule has 1 aromatic heterocycles. The fraction of sp³-hybridized carbons (Fsp3) is 0.462. The van der Waals surface area contributed by atoms with E-state index in [1.165, 1.54) is 19.4 Å². The summed E-state index contributed by atoms with van der Waals surface area (Å²) in [5, 5.41) is 0. The molecule has 0 bridgehead atoms. The maximum Gasteiger partial charge on any atom is 0.311 e. The average Bonchev–Trinajstić information content (AvgIpc) is 2.26. The molecule has 2 N–H and O–H groups in total. The van der Waals surface area contributed by atoms with E-state index >= 15 is 0 Å². The summed E-state index contributed by atoms with van der Waals surface area (Å²) in [5.41, 5.74) is 4.85. The molecule has 0 unspecified atom stereocenters. The summed E-state index contributed by atoms with van der Waals surface area (Å²) in [5.74, 6) is -1.04. The van der Waals surface area contributed by atoms with Crippen molar-refractivity contribution < 1.29 is 19.1 Å². The standard InChI is InChI=1S/C13H18N2O4/c1-13(2,3)7-9(16)19-11-8(18-4)5-6-15-10(11)12(14)17/h5-6H,7H2,1-4H3,(H2,14,17). The van der Waals surface area contributed by atoms with Crippen molar-refractivity contribution in [3.63, 3.8) is 0 Å². The van der Waals surface area contributed by atoms with E-state index in [-0.39, 0.29) is 29.0 Å². The minimum Gasteiger partial charge on any atom is -0.493 e. The number of carbonyl (C=O) groups is 2. The van der Waals surface area contributed by atoms with E-state index in [0.717, 1.165) is 0 Å². The lowest BCUT2D eigenvalue weighted by molar-refractivity contribution is -0.136. The third-order valence-electron chi connectivity index (χ3n) is 2.21. The third-order valence-corrected chi connectivity index (χ3v) is 2.21. The Bertz CT molecular complexity index is 492. The van der Waals surface area contributed by atoms with Crippen LogP contribution in [0.1, 0.15) is 37.7 Å². The van der Waals surface area contributed by atoms with Crippen LogP contribution in [0.5, 0.6) is 11.5 Å². The van der Waals surface area contributed by atoms with Gasteiger partial charge in [0.2, 0.25) is 5.75 Å². The van der Waals surface area contributed by atoms with Gasteiger partial charge in [0.1, 0.15) is 0 Å². The Hall–Kier alpha value is -2.11. The highest BCUT2D eigenvalue weighted by Crippen LogP contribution is 2.30. The topological polar surface area (TPSA) is 91.5 Å². The number of methoxy groups -OCH3 is 1. The van der Waals surface area contributed by atoms with Crippen molar-refractivity contribution in [2.24, 2.45) is 11.1 Å². The van der Waals surface area contributed by atoms with Gasteiger partial charge in [-0.05, 0) is 5.41 Å². The molecular formula is C13H18N2O4. The number of hydrogen-bond donors (Lipinski definition) is 1. The zero-order valence-electron chi connectivity index (χ0n) is 11.5. The number of hydrogen-bond acceptors (Lipinski definition) is 5. The predicted molar refractivity (Wildman–Crippen MR) is 69.0 cm³/mol. The lowest BCUT2D eigenvalue weighted by Crippen LogP contribution is -2.21. The van der Waals surface area contributed by atoms with Crippen LogP contribution in [0, 0.1) is 5.41 Å². The summed E-state index contributed by atoms with van der Waals surface area (Å²) in [7, 11) is 1.40. The maximum absolute atomic E-state index is 11.8. The molecule has 0 radical (unpaired) electrons. The second-order valence-corrected chi connectivity index (χ2v) is 5.27. The second kappa shape index (κ2) is 5.69. The molecule has 0 fully saturated rings. The smallest absolute Gasteiger partial charge is 0.311 e. The minimum absolute atomic E-state index is 0.0354. The Kier molecular flexibility index (Phi) is 4.47. The van der Waals surface area contributed by atoms with Gasteiger partial charge >= 0.3 is 5.97 Å². The largest absolute Gasteiger partial charge is 0.493 e. The fourth-order valence-corrected chi connectivity index (χ4v) is 1.45. The number of ether oxygens (including phenoxy) is 2. The normalized spacial score (nSPS) is 10.9. The first kappa shape index (κ1) is 14.9. The monoisotopic (exact) mass is 266 g/mol. The van der Waals surface area contributed by atoms with Gasteiger partial charge in [-0.1, -0.05) is 20.8 Å². The van der Waals surface area contributed by atoms with Crippen LogP contribution in [0.4, 0.5) is 0 Å². The van der Waals surface area contributed by atoms with Gasteiger partial charge in [-0.15, -0.1) is 0 Å². The molecule has 1 aromatic rings. The summed E-state index contributed by atoms with van der Waals surface area (Å²) in [6, 6.07) is 1.49. The Balaban J connectivity index is 3.05.